The van der Waals surface area contributed by atoms with Gasteiger partial charge in [0, 0.05) is 11.9 Å². The molecule has 0 saturated heterocycles. The number of anilines is 1. The topological polar surface area (TPSA) is 67.8 Å². The van der Waals surface area contributed by atoms with Crippen molar-refractivity contribution in [1.82, 2.24) is 15.0 Å². The fourth-order valence-corrected chi connectivity index (χ4v) is 2.69. The molecule has 1 N–H and O–H groups in total. The van der Waals surface area contributed by atoms with Crippen LogP contribution in [-0.2, 0) is 0 Å². The van der Waals surface area contributed by atoms with E-state index in [1.807, 2.05) is 32.0 Å². The highest BCUT2D eigenvalue weighted by molar-refractivity contribution is 7.18. The first-order valence-corrected chi connectivity index (χ1v) is 6.91. The lowest BCUT2D eigenvalue weighted by molar-refractivity contribution is 0.102. The standard InChI is InChI=1S/C14H12N4OS/c1-8-6-16-12(7-15-8)14(19)18-10-3-4-11-13(5-10)20-9(2)17-11/h3-7H,1-2H3,(H,18,19). The number of fused-ring (bicyclic) bond motifs is 1. The van der Waals surface area contributed by atoms with Crippen LogP contribution in [0, 0.1) is 13.8 Å². The molecule has 0 fully saturated rings. The van der Waals surface area contributed by atoms with Gasteiger partial charge >= 0.3 is 0 Å². The van der Waals surface area contributed by atoms with Crippen molar-refractivity contribution in [1.29, 1.82) is 0 Å². The number of nitrogens with one attached hydrogen (secondary N) is 1. The molecule has 2 heterocycles. The smallest absolute Gasteiger partial charge is 0.275 e. The second-order valence-corrected chi connectivity index (χ2v) is 5.65. The maximum atomic E-state index is 12.0. The van der Waals surface area contributed by atoms with Crippen molar-refractivity contribution in [3.63, 3.8) is 0 Å². The molecule has 0 unspecified atom stereocenters. The van der Waals surface area contributed by atoms with Gasteiger partial charge in [-0.3, -0.25) is 9.78 Å². The minimum Gasteiger partial charge on any atom is -0.321 e. The summed E-state index contributed by atoms with van der Waals surface area (Å²) in [6.07, 6.45) is 3.05. The van der Waals surface area contributed by atoms with Gasteiger partial charge in [0.15, 0.2) is 0 Å². The Hall–Kier alpha value is -2.34. The molecule has 1 aromatic carbocycles. The van der Waals surface area contributed by atoms with Crippen molar-refractivity contribution in [3.05, 3.63) is 47.0 Å². The van der Waals surface area contributed by atoms with Crippen LogP contribution in [0.25, 0.3) is 10.2 Å². The molecular formula is C14H12N4OS. The molecule has 0 radical (unpaired) electrons. The summed E-state index contributed by atoms with van der Waals surface area (Å²) < 4.78 is 1.05. The zero-order chi connectivity index (χ0) is 14.1. The van der Waals surface area contributed by atoms with Gasteiger partial charge in [0.1, 0.15) is 5.69 Å². The third-order valence-electron chi connectivity index (χ3n) is 2.77. The third-order valence-corrected chi connectivity index (χ3v) is 3.70. The van der Waals surface area contributed by atoms with E-state index in [4.69, 9.17) is 0 Å². The van der Waals surface area contributed by atoms with E-state index in [0.717, 1.165) is 26.6 Å². The fraction of sp³-hybridized carbons (Fsp3) is 0.143. The number of rotatable bonds is 2. The van der Waals surface area contributed by atoms with Crippen LogP contribution in [0.4, 0.5) is 5.69 Å². The Bertz CT molecular complexity index is 779. The van der Waals surface area contributed by atoms with Crippen LogP contribution >= 0.6 is 11.3 Å². The number of carbonyl (C=O) groups is 1. The molecule has 5 nitrogen and oxygen atoms in total. The summed E-state index contributed by atoms with van der Waals surface area (Å²) in [6.45, 7) is 3.79. The van der Waals surface area contributed by atoms with Crippen LogP contribution in [0.2, 0.25) is 0 Å². The molecule has 0 aliphatic carbocycles. The average Bonchev–Trinajstić information content (AvgIpc) is 2.78. The molecule has 2 aromatic heterocycles. The van der Waals surface area contributed by atoms with E-state index < -0.39 is 0 Å². The predicted molar refractivity (Wildman–Crippen MR) is 79.1 cm³/mol. The van der Waals surface area contributed by atoms with Gasteiger partial charge in [0.05, 0.1) is 27.1 Å². The third kappa shape index (κ3) is 2.50. The normalized spacial score (nSPS) is 10.7. The van der Waals surface area contributed by atoms with Crippen molar-refractivity contribution in [2.24, 2.45) is 0 Å². The van der Waals surface area contributed by atoms with Crippen molar-refractivity contribution < 1.29 is 4.79 Å². The Morgan fingerprint density at radius 2 is 2.05 bits per heavy atom. The van der Waals surface area contributed by atoms with Crippen molar-refractivity contribution >= 4 is 33.1 Å². The number of hydrogen-bond acceptors (Lipinski definition) is 5. The molecule has 0 atom stereocenters. The summed E-state index contributed by atoms with van der Waals surface area (Å²) in [6, 6.07) is 5.65. The summed E-state index contributed by atoms with van der Waals surface area (Å²) in [5.41, 5.74) is 2.76. The molecule has 20 heavy (non-hydrogen) atoms. The SMILES string of the molecule is Cc1cnc(C(=O)Nc2ccc3nc(C)sc3c2)cn1. The molecule has 0 aliphatic heterocycles. The Morgan fingerprint density at radius 1 is 1.20 bits per heavy atom. The number of aryl methyl sites for hydroxylation is 2. The van der Waals surface area contributed by atoms with E-state index >= 15 is 0 Å². The van der Waals surface area contributed by atoms with E-state index in [1.165, 1.54) is 6.20 Å². The maximum Gasteiger partial charge on any atom is 0.275 e. The molecule has 0 saturated carbocycles. The molecule has 0 bridgehead atoms. The zero-order valence-corrected chi connectivity index (χ0v) is 11.9. The lowest BCUT2D eigenvalue weighted by Gasteiger charge is -2.04. The Morgan fingerprint density at radius 3 is 2.80 bits per heavy atom. The Balaban J connectivity index is 1.84. The predicted octanol–water partition coefficient (Wildman–Crippen LogP) is 2.96. The van der Waals surface area contributed by atoms with Crippen LogP contribution < -0.4 is 5.32 Å². The van der Waals surface area contributed by atoms with Gasteiger partial charge in [-0.2, -0.15) is 0 Å². The van der Waals surface area contributed by atoms with E-state index in [-0.39, 0.29) is 5.91 Å². The number of hydrogen-bond donors (Lipinski definition) is 1. The van der Waals surface area contributed by atoms with Crippen LogP contribution in [-0.4, -0.2) is 20.9 Å². The zero-order valence-electron chi connectivity index (χ0n) is 11.0. The fourth-order valence-electron chi connectivity index (χ4n) is 1.82. The van der Waals surface area contributed by atoms with Gasteiger partial charge in [-0.15, -0.1) is 11.3 Å². The molecule has 0 spiro atoms. The number of amides is 1. The number of aromatic nitrogens is 3. The van der Waals surface area contributed by atoms with E-state index in [0.29, 0.717) is 5.69 Å². The van der Waals surface area contributed by atoms with Crippen LogP contribution in [0.15, 0.2) is 30.6 Å². The lowest BCUT2D eigenvalue weighted by Crippen LogP contribution is -2.14. The molecule has 3 rings (SSSR count). The van der Waals surface area contributed by atoms with Crippen LogP contribution in [0.3, 0.4) is 0 Å². The summed E-state index contributed by atoms with van der Waals surface area (Å²) >= 11 is 1.60. The van der Waals surface area contributed by atoms with Gasteiger partial charge in [-0.05, 0) is 32.0 Å². The van der Waals surface area contributed by atoms with E-state index in [1.54, 1.807) is 17.5 Å². The second kappa shape index (κ2) is 4.97. The van der Waals surface area contributed by atoms with Crippen molar-refractivity contribution in [2.75, 3.05) is 5.32 Å². The van der Waals surface area contributed by atoms with E-state index in [2.05, 4.69) is 20.3 Å². The summed E-state index contributed by atoms with van der Waals surface area (Å²) in [7, 11) is 0. The molecule has 3 aromatic rings. The first kappa shape index (κ1) is 12.7. The molecular weight excluding hydrogens is 272 g/mol. The molecule has 1 amide bonds. The monoisotopic (exact) mass is 284 g/mol. The first-order valence-electron chi connectivity index (χ1n) is 6.09. The van der Waals surface area contributed by atoms with Gasteiger partial charge in [-0.25, -0.2) is 9.97 Å². The minimum atomic E-state index is -0.266. The lowest BCUT2D eigenvalue weighted by atomic mass is 10.3. The first-order chi connectivity index (χ1) is 9.61. The van der Waals surface area contributed by atoms with Gasteiger partial charge < -0.3 is 5.32 Å². The highest BCUT2D eigenvalue weighted by atomic mass is 32.1. The van der Waals surface area contributed by atoms with Gasteiger partial charge in [-0.1, -0.05) is 0 Å². The highest BCUT2D eigenvalue weighted by Gasteiger charge is 2.09. The molecule has 0 aliphatic rings. The van der Waals surface area contributed by atoms with Crippen LogP contribution in [0.1, 0.15) is 21.2 Å². The molecule has 6 heteroatoms. The van der Waals surface area contributed by atoms with Crippen molar-refractivity contribution in [2.45, 2.75) is 13.8 Å². The highest BCUT2D eigenvalue weighted by Crippen LogP contribution is 2.24. The number of thiazole rings is 1. The van der Waals surface area contributed by atoms with E-state index in [9.17, 15) is 4.79 Å². The Kier molecular flexibility index (Phi) is 3.15. The summed E-state index contributed by atoms with van der Waals surface area (Å²) in [5.74, 6) is -0.266. The molecule has 100 valence electrons. The largest absolute Gasteiger partial charge is 0.321 e. The number of benzene rings is 1. The summed E-state index contributed by atoms with van der Waals surface area (Å²) in [5, 5.41) is 3.82. The number of nitrogens with zero attached hydrogens (tertiary/aromatic N) is 3. The average molecular weight is 284 g/mol. The number of carbonyl (C=O) groups excluding carboxylic acids is 1. The maximum absolute atomic E-state index is 12.0. The quantitative estimate of drug-likeness (QED) is 0.785. The minimum absolute atomic E-state index is 0.266. The van der Waals surface area contributed by atoms with Crippen LogP contribution in [0.5, 0.6) is 0 Å². The van der Waals surface area contributed by atoms with Gasteiger partial charge in [0.25, 0.3) is 5.91 Å². The summed E-state index contributed by atoms with van der Waals surface area (Å²) in [4.78, 5) is 24.5. The Labute approximate surface area is 119 Å². The van der Waals surface area contributed by atoms with Gasteiger partial charge in [0.2, 0.25) is 0 Å². The second-order valence-electron chi connectivity index (χ2n) is 4.41. The van der Waals surface area contributed by atoms with Crippen molar-refractivity contribution in [3.8, 4) is 0 Å².